The van der Waals surface area contributed by atoms with E-state index < -0.39 is 18.5 Å². The minimum absolute atomic E-state index is 0.0713. The maximum atomic E-state index is 13.4. The number of amidine groups is 1. The van der Waals surface area contributed by atoms with Crippen molar-refractivity contribution in [2.24, 2.45) is 4.99 Å². The van der Waals surface area contributed by atoms with Gasteiger partial charge in [-0.3, -0.25) is 9.69 Å². The normalized spacial score (nSPS) is 18.8. The van der Waals surface area contributed by atoms with Crippen molar-refractivity contribution in [3.05, 3.63) is 64.6 Å². The molecule has 0 atom stereocenters. The number of carbonyl (C=O) groups excluding carboxylic acids is 2. The number of rotatable bonds is 7. The summed E-state index contributed by atoms with van der Waals surface area (Å²) in [6.45, 7) is -0.411. The Bertz CT molecular complexity index is 1150. The molecule has 9 heteroatoms. The number of carbonyl (C=O) groups is 3. The summed E-state index contributed by atoms with van der Waals surface area (Å²) in [5.74, 6) is -1.08. The van der Waals surface area contributed by atoms with Crippen molar-refractivity contribution in [1.82, 2.24) is 4.90 Å². The van der Waals surface area contributed by atoms with Gasteiger partial charge in [0, 0.05) is 6.04 Å². The molecule has 1 N–H and O–H groups in total. The average molecular weight is 495 g/mol. The van der Waals surface area contributed by atoms with Crippen molar-refractivity contribution in [1.29, 1.82) is 0 Å². The number of benzene rings is 2. The highest BCUT2D eigenvalue weighted by Crippen LogP contribution is 2.38. The molecule has 1 saturated heterocycles. The first-order valence-corrected chi connectivity index (χ1v) is 12.2. The highest BCUT2D eigenvalue weighted by Gasteiger charge is 2.38. The minimum atomic E-state index is -1.04. The van der Waals surface area contributed by atoms with Gasteiger partial charge in [0.15, 0.2) is 11.8 Å². The topological polar surface area (TPSA) is 106 Å². The third-order valence-corrected chi connectivity index (χ3v) is 6.81. The Kier molecular flexibility index (Phi) is 7.87. The van der Waals surface area contributed by atoms with E-state index in [-0.39, 0.29) is 11.9 Å². The van der Waals surface area contributed by atoms with Gasteiger partial charge in [0.2, 0.25) is 0 Å². The van der Waals surface area contributed by atoms with Crippen molar-refractivity contribution in [3.63, 3.8) is 0 Å². The first-order chi connectivity index (χ1) is 16.9. The van der Waals surface area contributed by atoms with Crippen LogP contribution in [0.4, 0.5) is 5.69 Å². The van der Waals surface area contributed by atoms with Crippen LogP contribution in [0.2, 0.25) is 0 Å². The Hall–Kier alpha value is -3.59. The number of amides is 1. The van der Waals surface area contributed by atoms with Crippen molar-refractivity contribution in [2.45, 2.75) is 38.1 Å². The van der Waals surface area contributed by atoms with Gasteiger partial charge >= 0.3 is 11.9 Å². The number of hydrogen-bond acceptors (Lipinski definition) is 7. The van der Waals surface area contributed by atoms with Gasteiger partial charge in [-0.25, -0.2) is 14.6 Å². The number of carboxylic acids is 1. The third-order valence-electron chi connectivity index (χ3n) is 5.83. The fourth-order valence-corrected chi connectivity index (χ4v) is 5.14. The van der Waals surface area contributed by atoms with Gasteiger partial charge < -0.3 is 14.6 Å². The van der Waals surface area contributed by atoms with Gasteiger partial charge in [-0.05, 0) is 72.6 Å². The molecule has 4 rings (SSSR count). The minimum Gasteiger partial charge on any atom is -0.482 e. The summed E-state index contributed by atoms with van der Waals surface area (Å²) in [4.78, 5) is 43.0. The molecule has 1 amide bonds. The summed E-state index contributed by atoms with van der Waals surface area (Å²) in [5, 5.41) is 9.37. The predicted octanol–water partition coefficient (Wildman–Crippen LogP) is 4.87. The van der Waals surface area contributed by atoms with E-state index in [9.17, 15) is 14.4 Å². The fourth-order valence-electron chi connectivity index (χ4n) is 4.08. The first kappa shape index (κ1) is 24.5. The van der Waals surface area contributed by atoms with Gasteiger partial charge in [0.05, 0.1) is 23.3 Å². The molecule has 1 saturated carbocycles. The van der Waals surface area contributed by atoms with Gasteiger partial charge in [0.25, 0.3) is 5.91 Å². The molecule has 35 heavy (non-hydrogen) atoms. The SMILES string of the molecule is COC(=O)c1ccc(N=C2SC(=Cc3ccc(OCC(=O)O)cc3)C(=O)N2C2CCCCC2)cc1. The number of methoxy groups -OCH3 is 1. The van der Waals surface area contributed by atoms with Crippen molar-refractivity contribution >= 4 is 46.5 Å². The second kappa shape index (κ2) is 11.2. The van der Waals surface area contributed by atoms with Gasteiger partial charge in [-0.1, -0.05) is 31.4 Å². The number of aliphatic imine (C=N–C) groups is 1. The van der Waals surface area contributed by atoms with E-state index in [2.05, 4.69) is 0 Å². The fraction of sp³-hybridized carbons (Fsp3) is 0.308. The molecule has 0 spiro atoms. The quantitative estimate of drug-likeness (QED) is 0.432. The van der Waals surface area contributed by atoms with E-state index in [1.807, 2.05) is 11.0 Å². The molecule has 2 aromatic carbocycles. The maximum Gasteiger partial charge on any atom is 0.341 e. The zero-order valence-corrected chi connectivity index (χ0v) is 20.1. The zero-order chi connectivity index (χ0) is 24.8. The summed E-state index contributed by atoms with van der Waals surface area (Å²) >= 11 is 1.33. The maximum absolute atomic E-state index is 13.4. The van der Waals surface area contributed by atoms with Crippen molar-refractivity contribution in [2.75, 3.05) is 13.7 Å². The molecule has 2 fully saturated rings. The highest BCUT2D eigenvalue weighted by atomic mass is 32.2. The van der Waals surface area contributed by atoms with Crippen LogP contribution in [0.5, 0.6) is 5.75 Å². The third kappa shape index (κ3) is 6.10. The lowest BCUT2D eigenvalue weighted by molar-refractivity contribution is -0.139. The smallest absolute Gasteiger partial charge is 0.341 e. The van der Waals surface area contributed by atoms with Crippen LogP contribution in [0.15, 0.2) is 58.4 Å². The van der Waals surface area contributed by atoms with E-state index >= 15 is 0 Å². The number of thioether (sulfide) groups is 1. The molecule has 2 aromatic rings. The molecule has 0 aromatic heterocycles. The number of carboxylic acid groups (broad SMARTS) is 1. The second-order valence-corrected chi connectivity index (χ2v) is 9.27. The molecule has 0 radical (unpaired) electrons. The number of esters is 1. The van der Waals surface area contributed by atoms with Crippen LogP contribution in [0.3, 0.4) is 0 Å². The van der Waals surface area contributed by atoms with Crippen LogP contribution >= 0.6 is 11.8 Å². The second-order valence-electron chi connectivity index (χ2n) is 8.26. The van der Waals surface area contributed by atoms with Crippen LogP contribution < -0.4 is 4.74 Å². The lowest BCUT2D eigenvalue weighted by atomic mass is 9.94. The largest absolute Gasteiger partial charge is 0.482 e. The average Bonchev–Trinajstić information content (AvgIpc) is 3.18. The molecule has 8 nitrogen and oxygen atoms in total. The summed E-state index contributed by atoms with van der Waals surface area (Å²) in [5.41, 5.74) is 1.89. The van der Waals surface area contributed by atoms with Gasteiger partial charge in [-0.15, -0.1) is 0 Å². The van der Waals surface area contributed by atoms with E-state index in [0.717, 1.165) is 31.2 Å². The molecule has 1 heterocycles. The zero-order valence-electron chi connectivity index (χ0n) is 19.3. The van der Waals surface area contributed by atoms with E-state index in [1.165, 1.54) is 25.3 Å². The monoisotopic (exact) mass is 494 g/mol. The molecule has 2 aliphatic rings. The van der Waals surface area contributed by atoms with Gasteiger partial charge in [-0.2, -0.15) is 0 Å². The van der Waals surface area contributed by atoms with E-state index in [4.69, 9.17) is 19.6 Å². The molecular weight excluding hydrogens is 468 g/mol. The van der Waals surface area contributed by atoms with E-state index in [0.29, 0.717) is 27.1 Å². The van der Waals surface area contributed by atoms with Crippen LogP contribution in [-0.4, -0.2) is 52.8 Å². The molecule has 1 aliphatic heterocycles. The predicted molar refractivity (Wildman–Crippen MR) is 134 cm³/mol. The summed E-state index contributed by atoms with van der Waals surface area (Å²) in [6, 6.07) is 13.8. The number of nitrogens with zero attached hydrogens (tertiary/aromatic N) is 2. The highest BCUT2D eigenvalue weighted by molar-refractivity contribution is 8.18. The van der Waals surface area contributed by atoms with Crippen molar-refractivity contribution < 1.29 is 29.0 Å². The lowest BCUT2D eigenvalue weighted by Gasteiger charge is -2.30. The molecular formula is C26H26N2O6S. The summed E-state index contributed by atoms with van der Waals surface area (Å²) < 4.78 is 9.92. The van der Waals surface area contributed by atoms with Crippen LogP contribution in [0.25, 0.3) is 6.08 Å². The van der Waals surface area contributed by atoms with Crippen LogP contribution in [-0.2, 0) is 14.3 Å². The molecule has 1 aliphatic carbocycles. The number of aliphatic carboxylic acids is 1. The number of hydrogen-bond donors (Lipinski definition) is 1. The molecule has 0 bridgehead atoms. The Labute approximate surface area is 207 Å². The van der Waals surface area contributed by atoms with Gasteiger partial charge in [0.1, 0.15) is 5.75 Å². The molecule has 182 valence electrons. The van der Waals surface area contributed by atoms with Crippen LogP contribution in [0.1, 0.15) is 48.0 Å². The standard InChI is InChI=1S/C26H26N2O6S/c1-33-25(32)18-9-11-19(12-10-18)27-26-28(20-5-3-2-4-6-20)24(31)22(35-26)15-17-7-13-21(14-8-17)34-16-23(29)30/h7-15,20H,2-6,16H2,1H3,(H,29,30). The van der Waals surface area contributed by atoms with Crippen LogP contribution in [0, 0.1) is 0 Å². The summed E-state index contributed by atoms with van der Waals surface area (Å²) in [6.07, 6.45) is 7.03. The summed E-state index contributed by atoms with van der Waals surface area (Å²) in [7, 11) is 1.34. The Morgan fingerprint density at radius 2 is 1.77 bits per heavy atom. The Morgan fingerprint density at radius 1 is 1.09 bits per heavy atom. The van der Waals surface area contributed by atoms with E-state index in [1.54, 1.807) is 48.5 Å². The number of ether oxygens (including phenoxy) is 2. The first-order valence-electron chi connectivity index (χ1n) is 11.4. The Balaban J connectivity index is 1.59. The lowest BCUT2D eigenvalue weighted by Crippen LogP contribution is -2.40. The van der Waals surface area contributed by atoms with Crippen molar-refractivity contribution in [3.8, 4) is 5.75 Å². The molecule has 0 unspecified atom stereocenters. The Morgan fingerprint density at radius 3 is 2.40 bits per heavy atom.